The normalized spacial score (nSPS) is 10.8. The lowest BCUT2D eigenvalue weighted by Crippen LogP contribution is -2.16. The highest BCUT2D eigenvalue weighted by molar-refractivity contribution is 7.14. The van der Waals surface area contributed by atoms with Gasteiger partial charge in [0.15, 0.2) is 5.13 Å². The molecule has 124 valence electrons. The first-order chi connectivity index (χ1) is 12.2. The maximum absolute atomic E-state index is 13.1. The van der Waals surface area contributed by atoms with Crippen molar-refractivity contribution in [3.8, 4) is 17.1 Å². The fraction of sp³-hybridized carbons (Fsp3) is 0. The lowest BCUT2D eigenvalue weighted by Gasteiger charge is -2.07. The third-order valence-electron chi connectivity index (χ3n) is 3.57. The first-order valence-electron chi connectivity index (χ1n) is 7.39. The second-order valence-electron chi connectivity index (χ2n) is 5.20. The molecule has 0 aliphatic rings. The number of carbonyl (C=O) groups is 1. The zero-order valence-electron chi connectivity index (χ0n) is 12.8. The topological polar surface area (TPSA) is 75.6 Å². The van der Waals surface area contributed by atoms with E-state index in [9.17, 15) is 9.18 Å². The molecule has 2 N–H and O–H groups in total. The Balaban J connectivity index is 1.56. The molecule has 4 aromatic rings. The van der Waals surface area contributed by atoms with E-state index in [0.29, 0.717) is 16.5 Å². The summed E-state index contributed by atoms with van der Waals surface area (Å²) < 4.78 is 14.7. The predicted molar refractivity (Wildman–Crippen MR) is 93.4 cm³/mol. The number of hydrogen-bond acceptors (Lipinski definition) is 4. The summed E-state index contributed by atoms with van der Waals surface area (Å²) in [5, 5.41) is 5.12. The number of nitrogens with zero attached hydrogens (tertiary/aromatic N) is 3. The molecule has 1 aromatic carbocycles. The molecule has 3 aromatic heterocycles. The number of rotatable bonds is 4. The van der Waals surface area contributed by atoms with Gasteiger partial charge in [-0.25, -0.2) is 14.4 Å². The van der Waals surface area contributed by atoms with Gasteiger partial charge in [0.2, 0.25) is 0 Å². The third kappa shape index (κ3) is 3.07. The number of amides is 1. The van der Waals surface area contributed by atoms with Gasteiger partial charge in [0.1, 0.15) is 11.5 Å². The van der Waals surface area contributed by atoms with Crippen molar-refractivity contribution in [3.05, 3.63) is 72.0 Å². The molecule has 0 bridgehead atoms. The Kier molecular flexibility index (Phi) is 3.87. The molecule has 0 fully saturated rings. The summed E-state index contributed by atoms with van der Waals surface area (Å²) in [6.45, 7) is 0. The second-order valence-corrected chi connectivity index (χ2v) is 6.06. The van der Waals surface area contributed by atoms with E-state index in [-0.39, 0.29) is 11.7 Å². The zero-order chi connectivity index (χ0) is 17.2. The van der Waals surface area contributed by atoms with E-state index in [4.69, 9.17) is 0 Å². The number of thiazole rings is 1. The van der Waals surface area contributed by atoms with Crippen LogP contribution in [-0.2, 0) is 0 Å². The van der Waals surface area contributed by atoms with Gasteiger partial charge in [-0.3, -0.25) is 14.7 Å². The number of carbonyl (C=O) groups excluding carboxylic acids is 1. The van der Waals surface area contributed by atoms with E-state index in [1.165, 1.54) is 36.0 Å². The molecular formula is C17H12FN5OS. The van der Waals surface area contributed by atoms with Crippen LogP contribution in [0.5, 0.6) is 0 Å². The highest BCUT2D eigenvalue weighted by atomic mass is 32.1. The molecule has 0 aliphatic carbocycles. The Bertz CT molecular complexity index is 1000. The standard InChI is InChI=1S/C17H12FN5OS/c18-11-3-5-12(6-4-11)23-10-19-8-15(23)16(24)22-17-21-14(9-25-17)13-2-1-7-20-13/h1-10,20H,(H,21,22,24). The summed E-state index contributed by atoms with van der Waals surface area (Å²) in [5.41, 5.74) is 2.63. The van der Waals surface area contributed by atoms with E-state index in [0.717, 1.165) is 11.4 Å². The predicted octanol–water partition coefficient (Wildman–Crippen LogP) is 3.72. The number of halogens is 1. The van der Waals surface area contributed by atoms with Crippen LogP contribution in [0.4, 0.5) is 9.52 Å². The number of nitrogens with one attached hydrogen (secondary N) is 2. The average molecular weight is 353 g/mol. The molecule has 0 aliphatic heterocycles. The largest absolute Gasteiger partial charge is 0.360 e. The van der Waals surface area contributed by atoms with Crippen LogP contribution in [0.1, 0.15) is 10.5 Å². The summed E-state index contributed by atoms with van der Waals surface area (Å²) in [7, 11) is 0. The van der Waals surface area contributed by atoms with Crippen LogP contribution in [-0.4, -0.2) is 25.4 Å². The quantitative estimate of drug-likeness (QED) is 0.587. The summed E-state index contributed by atoms with van der Waals surface area (Å²) in [6, 6.07) is 9.63. The van der Waals surface area contributed by atoms with Crippen molar-refractivity contribution in [1.29, 1.82) is 0 Å². The minimum absolute atomic E-state index is 0.336. The highest BCUT2D eigenvalue weighted by Gasteiger charge is 2.15. The van der Waals surface area contributed by atoms with Gasteiger partial charge < -0.3 is 4.98 Å². The molecule has 0 unspecified atom stereocenters. The Morgan fingerprint density at radius 3 is 2.84 bits per heavy atom. The number of imidazole rings is 1. The summed E-state index contributed by atoms with van der Waals surface area (Å²) >= 11 is 1.33. The lowest BCUT2D eigenvalue weighted by atomic mass is 10.3. The molecule has 8 heteroatoms. The molecule has 0 atom stereocenters. The maximum atomic E-state index is 13.1. The molecule has 25 heavy (non-hydrogen) atoms. The van der Waals surface area contributed by atoms with E-state index in [1.54, 1.807) is 16.7 Å². The summed E-state index contributed by atoms with van der Waals surface area (Å²) in [6.07, 6.45) is 4.78. The molecule has 6 nitrogen and oxygen atoms in total. The van der Waals surface area contributed by atoms with Crippen LogP contribution in [0.15, 0.2) is 60.5 Å². The van der Waals surface area contributed by atoms with E-state index in [2.05, 4.69) is 20.3 Å². The van der Waals surface area contributed by atoms with Crippen LogP contribution < -0.4 is 5.32 Å². The Morgan fingerprint density at radius 2 is 2.08 bits per heavy atom. The number of anilines is 1. The van der Waals surface area contributed by atoms with E-state index in [1.807, 2.05) is 23.7 Å². The van der Waals surface area contributed by atoms with Gasteiger partial charge >= 0.3 is 0 Å². The molecule has 0 saturated carbocycles. The minimum atomic E-state index is -0.339. The molecule has 0 spiro atoms. The molecule has 0 radical (unpaired) electrons. The van der Waals surface area contributed by atoms with Crippen LogP contribution in [0.3, 0.4) is 0 Å². The van der Waals surface area contributed by atoms with Crippen LogP contribution in [0.2, 0.25) is 0 Å². The lowest BCUT2D eigenvalue weighted by molar-refractivity contribution is 0.102. The first kappa shape index (κ1) is 15.3. The maximum Gasteiger partial charge on any atom is 0.276 e. The SMILES string of the molecule is O=C(Nc1nc(-c2ccc[nH]2)cs1)c1cncn1-c1ccc(F)cc1. The van der Waals surface area contributed by atoms with Crippen molar-refractivity contribution < 1.29 is 9.18 Å². The number of aromatic amines is 1. The van der Waals surface area contributed by atoms with Gasteiger partial charge in [0.25, 0.3) is 5.91 Å². The third-order valence-corrected chi connectivity index (χ3v) is 4.33. The van der Waals surface area contributed by atoms with Gasteiger partial charge in [0, 0.05) is 17.3 Å². The van der Waals surface area contributed by atoms with E-state index < -0.39 is 0 Å². The average Bonchev–Trinajstić information content (AvgIpc) is 3.36. The first-order valence-corrected chi connectivity index (χ1v) is 8.27. The van der Waals surface area contributed by atoms with E-state index >= 15 is 0 Å². The van der Waals surface area contributed by atoms with Gasteiger partial charge in [-0.05, 0) is 36.4 Å². The molecular weight excluding hydrogens is 341 g/mol. The number of aromatic nitrogens is 4. The molecule has 4 rings (SSSR count). The van der Waals surface area contributed by atoms with Crippen LogP contribution in [0, 0.1) is 5.82 Å². The monoisotopic (exact) mass is 353 g/mol. The van der Waals surface area contributed by atoms with Gasteiger partial charge in [0.05, 0.1) is 23.9 Å². The Labute approximate surface area is 146 Å². The fourth-order valence-corrected chi connectivity index (χ4v) is 3.08. The van der Waals surface area contributed by atoms with Gasteiger partial charge in [-0.1, -0.05) is 0 Å². The van der Waals surface area contributed by atoms with Crippen molar-refractivity contribution in [2.24, 2.45) is 0 Å². The van der Waals surface area contributed by atoms with Crippen molar-refractivity contribution >= 4 is 22.4 Å². The molecule has 0 saturated heterocycles. The van der Waals surface area contributed by atoms with Gasteiger partial charge in [-0.15, -0.1) is 11.3 Å². The van der Waals surface area contributed by atoms with Gasteiger partial charge in [-0.2, -0.15) is 0 Å². The van der Waals surface area contributed by atoms with Crippen LogP contribution in [0.25, 0.3) is 17.1 Å². The highest BCUT2D eigenvalue weighted by Crippen LogP contribution is 2.24. The van der Waals surface area contributed by atoms with Crippen molar-refractivity contribution in [1.82, 2.24) is 19.5 Å². The van der Waals surface area contributed by atoms with Crippen molar-refractivity contribution in [2.75, 3.05) is 5.32 Å². The van der Waals surface area contributed by atoms with Crippen molar-refractivity contribution in [3.63, 3.8) is 0 Å². The molecule has 3 heterocycles. The number of benzene rings is 1. The number of hydrogen-bond donors (Lipinski definition) is 2. The fourth-order valence-electron chi connectivity index (χ4n) is 2.38. The van der Waals surface area contributed by atoms with Crippen molar-refractivity contribution in [2.45, 2.75) is 0 Å². The zero-order valence-corrected chi connectivity index (χ0v) is 13.6. The number of H-pyrrole nitrogens is 1. The molecule has 1 amide bonds. The summed E-state index contributed by atoms with van der Waals surface area (Å²) in [5.74, 6) is -0.677. The van der Waals surface area contributed by atoms with Crippen LogP contribution >= 0.6 is 11.3 Å². The minimum Gasteiger partial charge on any atom is -0.360 e. The second kappa shape index (κ2) is 6.33. The smallest absolute Gasteiger partial charge is 0.276 e. The Hall–Kier alpha value is -3.26. The summed E-state index contributed by atoms with van der Waals surface area (Å²) in [4.78, 5) is 24.0. The Morgan fingerprint density at radius 1 is 1.24 bits per heavy atom.